The van der Waals surface area contributed by atoms with Crippen LogP contribution < -0.4 is 0 Å². The fraction of sp³-hybridized carbons (Fsp3) is 0.600. The van der Waals surface area contributed by atoms with Gasteiger partial charge in [0.15, 0.2) is 11.5 Å². The maximum atomic E-state index is 13.4. The lowest BCUT2D eigenvalue weighted by Gasteiger charge is -2.50. The molecule has 3 nitrogen and oxygen atoms in total. The van der Waals surface area contributed by atoms with Crippen molar-refractivity contribution < 1.29 is 14.7 Å². The molecule has 0 aromatic carbocycles. The van der Waals surface area contributed by atoms with E-state index < -0.39 is 11.3 Å². The van der Waals surface area contributed by atoms with Crippen molar-refractivity contribution in [1.29, 1.82) is 0 Å². The summed E-state index contributed by atoms with van der Waals surface area (Å²) in [6.07, 6.45) is 7.31. The fourth-order valence-corrected chi connectivity index (χ4v) is 5.38. The first kappa shape index (κ1) is 16.2. The van der Waals surface area contributed by atoms with Gasteiger partial charge in [-0.15, -0.1) is 0 Å². The molecule has 1 fully saturated rings. The monoisotopic (exact) mass is 314 g/mol. The molecule has 0 aliphatic heterocycles. The van der Waals surface area contributed by atoms with Crippen molar-refractivity contribution in [2.75, 3.05) is 0 Å². The molecule has 6 atom stereocenters. The normalized spacial score (nSPS) is 42.6. The summed E-state index contributed by atoms with van der Waals surface area (Å²) in [6, 6.07) is 0. The van der Waals surface area contributed by atoms with E-state index in [0.29, 0.717) is 5.92 Å². The van der Waals surface area contributed by atoms with E-state index in [1.807, 2.05) is 20.8 Å². The highest BCUT2D eigenvalue weighted by Gasteiger charge is 2.66. The van der Waals surface area contributed by atoms with Crippen LogP contribution in [0.1, 0.15) is 41.0 Å². The third-order valence-electron chi connectivity index (χ3n) is 6.21. The topological polar surface area (TPSA) is 54.4 Å². The standard InChI is InChI=1S/C20H26O3/c1-10(2)8-14-9-12(4)15-7-6-11(3)16-18(22)17(21)13(5)19(23)20(14,15)16/h6-8,11-12,14-16,21H,9H2,1-5H3/t11-,12-,14+,15+,16+,20+/m1/s1. The van der Waals surface area contributed by atoms with Gasteiger partial charge in [-0.2, -0.15) is 0 Å². The largest absolute Gasteiger partial charge is 0.504 e. The number of allylic oxidation sites excluding steroid dienone is 6. The van der Waals surface area contributed by atoms with E-state index in [2.05, 4.69) is 25.2 Å². The molecule has 0 aromatic heterocycles. The zero-order valence-corrected chi connectivity index (χ0v) is 14.6. The van der Waals surface area contributed by atoms with Gasteiger partial charge in [-0.05, 0) is 50.9 Å². The van der Waals surface area contributed by atoms with Crippen molar-refractivity contribution in [3.05, 3.63) is 35.1 Å². The predicted molar refractivity (Wildman–Crippen MR) is 89.8 cm³/mol. The number of Topliss-reactive ketones (excluding diaryl/α,β-unsaturated/α-hetero) is 2. The number of aliphatic hydroxyl groups excluding tert-OH is 1. The Balaban J connectivity index is 2.30. The van der Waals surface area contributed by atoms with Crippen LogP contribution in [0.15, 0.2) is 35.1 Å². The van der Waals surface area contributed by atoms with Crippen LogP contribution in [-0.2, 0) is 9.59 Å². The molecule has 3 aliphatic rings. The SMILES string of the molecule is CC(C)=C[C@H]1C[C@@H](C)[C@@H]2C=C[C@@H](C)[C@H]3C(=O)C(O)=C(C)C(=O)[C@@]312. The third kappa shape index (κ3) is 1.95. The summed E-state index contributed by atoms with van der Waals surface area (Å²) >= 11 is 0. The Morgan fingerprint density at radius 3 is 2.52 bits per heavy atom. The second kappa shape index (κ2) is 5.19. The molecule has 0 heterocycles. The molecule has 1 spiro atoms. The van der Waals surface area contributed by atoms with Crippen molar-refractivity contribution in [2.24, 2.45) is 35.0 Å². The smallest absolute Gasteiger partial charge is 0.202 e. The molecule has 1 saturated carbocycles. The summed E-state index contributed by atoms with van der Waals surface area (Å²) in [7, 11) is 0. The van der Waals surface area contributed by atoms with Crippen LogP contribution in [0.5, 0.6) is 0 Å². The highest BCUT2D eigenvalue weighted by Crippen LogP contribution is 2.63. The Kier molecular flexibility index (Phi) is 3.66. The molecule has 0 radical (unpaired) electrons. The molecule has 0 unspecified atom stereocenters. The number of aliphatic hydroxyl groups is 1. The maximum Gasteiger partial charge on any atom is 0.202 e. The Bertz CT molecular complexity index is 662. The van der Waals surface area contributed by atoms with Gasteiger partial charge < -0.3 is 5.11 Å². The maximum absolute atomic E-state index is 13.4. The fourth-order valence-electron chi connectivity index (χ4n) is 5.38. The van der Waals surface area contributed by atoms with Gasteiger partial charge >= 0.3 is 0 Å². The van der Waals surface area contributed by atoms with Crippen molar-refractivity contribution in [1.82, 2.24) is 0 Å². The average Bonchev–Trinajstić information content (AvgIpc) is 2.75. The Morgan fingerprint density at radius 1 is 1.26 bits per heavy atom. The molecule has 124 valence electrons. The van der Waals surface area contributed by atoms with Crippen LogP contribution in [0.4, 0.5) is 0 Å². The zero-order chi connectivity index (χ0) is 17.1. The average molecular weight is 314 g/mol. The molecule has 3 aliphatic carbocycles. The molecule has 0 saturated heterocycles. The van der Waals surface area contributed by atoms with Crippen LogP contribution in [0, 0.1) is 35.0 Å². The van der Waals surface area contributed by atoms with E-state index in [4.69, 9.17) is 0 Å². The summed E-state index contributed by atoms with van der Waals surface area (Å²) in [5, 5.41) is 10.2. The molecule has 3 rings (SSSR count). The predicted octanol–water partition coefficient (Wildman–Crippen LogP) is 4.02. The second-order valence-electron chi connectivity index (χ2n) is 7.91. The van der Waals surface area contributed by atoms with Gasteiger partial charge in [-0.3, -0.25) is 9.59 Å². The molecule has 3 heteroatoms. The summed E-state index contributed by atoms with van der Waals surface area (Å²) in [4.78, 5) is 26.3. The minimum atomic E-state index is -0.710. The number of rotatable bonds is 1. The lowest BCUT2D eigenvalue weighted by molar-refractivity contribution is -0.146. The molecule has 23 heavy (non-hydrogen) atoms. The first-order valence-electron chi connectivity index (χ1n) is 8.55. The summed E-state index contributed by atoms with van der Waals surface area (Å²) in [6.45, 7) is 9.85. The van der Waals surface area contributed by atoms with E-state index in [1.165, 1.54) is 5.57 Å². The van der Waals surface area contributed by atoms with Gasteiger partial charge in [0.1, 0.15) is 0 Å². The Hall–Kier alpha value is -1.64. The first-order chi connectivity index (χ1) is 10.7. The molecule has 0 bridgehead atoms. The van der Waals surface area contributed by atoms with Crippen LogP contribution >= 0.6 is 0 Å². The van der Waals surface area contributed by atoms with E-state index in [-0.39, 0.29) is 40.7 Å². The number of carbonyl (C=O) groups is 2. The lowest BCUT2D eigenvalue weighted by Crippen LogP contribution is -2.56. The molecular formula is C20H26O3. The van der Waals surface area contributed by atoms with Crippen LogP contribution in [0.3, 0.4) is 0 Å². The van der Waals surface area contributed by atoms with Crippen molar-refractivity contribution in [3.63, 3.8) is 0 Å². The number of hydrogen-bond donors (Lipinski definition) is 1. The third-order valence-corrected chi connectivity index (χ3v) is 6.21. The number of ketones is 2. The van der Waals surface area contributed by atoms with Crippen molar-refractivity contribution >= 4 is 11.6 Å². The van der Waals surface area contributed by atoms with Gasteiger partial charge in [-0.1, -0.05) is 37.6 Å². The van der Waals surface area contributed by atoms with E-state index in [0.717, 1.165) is 6.42 Å². The van der Waals surface area contributed by atoms with Crippen molar-refractivity contribution in [3.8, 4) is 0 Å². The highest BCUT2D eigenvalue weighted by molar-refractivity contribution is 6.15. The molecule has 1 N–H and O–H groups in total. The van der Waals surface area contributed by atoms with E-state index in [9.17, 15) is 14.7 Å². The van der Waals surface area contributed by atoms with Gasteiger partial charge in [0, 0.05) is 11.5 Å². The highest BCUT2D eigenvalue weighted by atomic mass is 16.3. The number of carbonyl (C=O) groups excluding carboxylic acids is 2. The van der Waals surface area contributed by atoms with Crippen molar-refractivity contribution in [2.45, 2.75) is 41.0 Å². The summed E-state index contributed by atoms with van der Waals surface area (Å²) < 4.78 is 0. The minimum Gasteiger partial charge on any atom is -0.504 e. The van der Waals surface area contributed by atoms with Gasteiger partial charge in [0.2, 0.25) is 5.78 Å². The second-order valence-corrected chi connectivity index (χ2v) is 7.91. The molecule has 0 amide bonds. The summed E-state index contributed by atoms with van der Waals surface area (Å²) in [5.74, 6) is -0.574. The van der Waals surface area contributed by atoms with Gasteiger partial charge in [-0.25, -0.2) is 0 Å². The lowest BCUT2D eigenvalue weighted by atomic mass is 9.50. The van der Waals surface area contributed by atoms with Gasteiger partial charge in [0.05, 0.1) is 5.41 Å². The Labute approximate surface area is 138 Å². The van der Waals surface area contributed by atoms with Gasteiger partial charge in [0.25, 0.3) is 0 Å². The molecular weight excluding hydrogens is 288 g/mol. The molecule has 0 aromatic rings. The summed E-state index contributed by atoms with van der Waals surface area (Å²) in [5.41, 5.74) is 0.716. The number of hydrogen-bond acceptors (Lipinski definition) is 3. The zero-order valence-electron chi connectivity index (χ0n) is 14.6. The van der Waals surface area contributed by atoms with Crippen LogP contribution in [0.25, 0.3) is 0 Å². The Morgan fingerprint density at radius 2 is 1.91 bits per heavy atom. The first-order valence-corrected chi connectivity index (χ1v) is 8.55. The minimum absolute atomic E-state index is 0.0207. The quantitative estimate of drug-likeness (QED) is 0.744. The van der Waals surface area contributed by atoms with E-state index in [1.54, 1.807) is 6.92 Å². The van der Waals surface area contributed by atoms with E-state index >= 15 is 0 Å². The van der Waals surface area contributed by atoms with Crippen LogP contribution in [0.2, 0.25) is 0 Å². The van der Waals surface area contributed by atoms with Crippen LogP contribution in [-0.4, -0.2) is 16.7 Å².